The minimum Gasteiger partial charge on any atom is -0.457 e. The van der Waals surface area contributed by atoms with Crippen LogP contribution in [-0.4, -0.2) is 59.4 Å². The number of rotatable bonds is 2. The van der Waals surface area contributed by atoms with E-state index in [-0.39, 0.29) is 12.1 Å². The summed E-state index contributed by atoms with van der Waals surface area (Å²) in [6.07, 6.45) is -0.349. The van der Waals surface area contributed by atoms with Gasteiger partial charge in [0.05, 0.1) is 18.2 Å². The molecule has 0 aromatic heterocycles. The lowest BCUT2D eigenvalue weighted by atomic mass is 10.0. The Morgan fingerprint density at radius 1 is 1.06 bits per heavy atom. The smallest absolute Gasteiger partial charge is 0.303 e. The third-order valence-corrected chi connectivity index (χ3v) is 3.76. The van der Waals surface area contributed by atoms with Crippen LogP contribution in [0.4, 0.5) is 0 Å². The van der Waals surface area contributed by atoms with E-state index in [1.807, 2.05) is 11.9 Å². The maximum Gasteiger partial charge on any atom is 0.303 e. The number of piperidine rings is 1. The van der Waals surface area contributed by atoms with Crippen molar-refractivity contribution in [3.63, 3.8) is 0 Å². The van der Waals surface area contributed by atoms with Crippen molar-refractivity contribution in [2.24, 2.45) is 0 Å². The Balaban J connectivity index is 2.22. The molecule has 1 N–H and O–H groups in total. The van der Waals surface area contributed by atoms with Gasteiger partial charge in [0.15, 0.2) is 12.2 Å². The number of aliphatic hydroxyl groups is 1. The molecule has 2 rings (SSSR count). The summed E-state index contributed by atoms with van der Waals surface area (Å²) in [7, 11) is 1.90. The van der Waals surface area contributed by atoms with Crippen LogP contribution in [0.15, 0.2) is 0 Å². The number of esters is 2. The number of ether oxygens (including phenoxy) is 2. The molecule has 0 aromatic carbocycles. The summed E-state index contributed by atoms with van der Waals surface area (Å²) < 4.78 is 10.6. The minimum atomic E-state index is -0.487. The molecular weight excluding hydrogens is 238 g/mol. The Labute approximate surface area is 106 Å². The molecule has 0 spiro atoms. The zero-order valence-corrected chi connectivity index (χ0v) is 10.8. The summed E-state index contributed by atoms with van der Waals surface area (Å²) in [5.41, 5.74) is 0. The molecule has 0 aromatic rings. The highest BCUT2D eigenvalue weighted by molar-refractivity contribution is 5.67. The molecule has 2 aliphatic heterocycles. The molecular formula is C12H19NO5. The Morgan fingerprint density at radius 2 is 1.44 bits per heavy atom. The lowest BCUT2D eigenvalue weighted by Crippen LogP contribution is -2.45. The van der Waals surface area contributed by atoms with Gasteiger partial charge in [-0.3, -0.25) is 14.5 Å². The zero-order valence-electron chi connectivity index (χ0n) is 10.8. The van der Waals surface area contributed by atoms with Crippen molar-refractivity contribution < 1.29 is 24.2 Å². The van der Waals surface area contributed by atoms with Crippen molar-refractivity contribution in [3.05, 3.63) is 0 Å². The number of hydrogen-bond acceptors (Lipinski definition) is 6. The van der Waals surface area contributed by atoms with Crippen LogP contribution in [0.2, 0.25) is 0 Å². The third-order valence-electron chi connectivity index (χ3n) is 3.76. The second-order valence-electron chi connectivity index (χ2n) is 5.07. The van der Waals surface area contributed by atoms with E-state index in [2.05, 4.69) is 0 Å². The van der Waals surface area contributed by atoms with E-state index in [1.54, 1.807) is 0 Å². The maximum atomic E-state index is 11.2. The van der Waals surface area contributed by atoms with Crippen LogP contribution in [0, 0.1) is 0 Å². The van der Waals surface area contributed by atoms with E-state index < -0.39 is 30.3 Å². The van der Waals surface area contributed by atoms with Crippen molar-refractivity contribution in [2.75, 3.05) is 7.05 Å². The summed E-state index contributed by atoms with van der Waals surface area (Å²) in [5.74, 6) is -0.791. The van der Waals surface area contributed by atoms with Crippen LogP contribution in [0.1, 0.15) is 26.7 Å². The summed E-state index contributed by atoms with van der Waals surface area (Å²) >= 11 is 0. The number of aliphatic hydroxyl groups excluding tert-OH is 1. The fourth-order valence-corrected chi connectivity index (χ4v) is 3.08. The van der Waals surface area contributed by atoms with Crippen LogP contribution in [-0.2, 0) is 19.1 Å². The van der Waals surface area contributed by atoms with E-state index in [1.165, 1.54) is 13.8 Å². The predicted molar refractivity (Wildman–Crippen MR) is 61.7 cm³/mol. The first kappa shape index (κ1) is 13.3. The molecule has 102 valence electrons. The van der Waals surface area contributed by atoms with E-state index in [0.717, 1.165) is 0 Å². The quantitative estimate of drug-likeness (QED) is 0.684. The third kappa shape index (κ3) is 2.35. The number of carbonyl (C=O) groups is 2. The van der Waals surface area contributed by atoms with Gasteiger partial charge < -0.3 is 14.6 Å². The van der Waals surface area contributed by atoms with Crippen LogP contribution >= 0.6 is 0 Å². The molecule has 2 heterocycles. The average molecular weight is 257 g/mol. The monoisotopic (exact) mass is 257 g/mol. The van der Waals surface area contributed by atoms with Crippen molar-refractivity contribution in [3.8, 4) is 0 Å². The normalized spacial score (nSPS) is 39.4. The number of likely N-dealkylation sites (N-methyl/N-ethyl adjacent to an activating group) is 1. The molecule has 2 saturated heterocycles. The lowest BCUT2D eigenvalue weighted by Gasteiger charge is -2.34. The molecule has 18 heavy (non-hydrogen) atoms. The topological polar surface area (TPSA) is 76.1 Å². The van der Waals surface area contributed by atoms with Gasteiger partial charge in [-0.1, -0.05) is 0 Å². The van der Waals surface area contributed by atoms with Crippen LogP contribution in [0.5, 0.6) is 0 Å². The highest BCUT2D eigenvalue weighted by Gasteiger charge is 2.54. The zero-order chi connectivity index (χ0) is 13.4. The first-order chi connectivity index (χ1) is 8.40. The first-order valence-electron chi connectivity index (χ1n) is 6.14. The van der Waals surface area contributed by atoms with Crippen LogP contribution in [0.3, 0.4) is 0 Å². The molecule has 2 aliphatic rings. The second kappa shape index (κ2) is 4.85. The van der Waals surface area contributed by atoms with Crippen molar-refractivity contribution in [1.82, 2.24) is 4.90 Å². The average Bonchev–Trinajstić information content (AvgIpc) is 2.41. The van der Waals surface area contributed by atoms with Gasteiger partial charge in [0.1, 0.15) is 0 Å². The molecule has 0 radical (unpaired) electrons. The number of carbonyl (C=O) groups excluding carboxylic acids is 2. The fraction of sp³-hybridized carbons (Fsp3) is 0.833. The van der Waals surface area contributed by atoms with Crippen molar-refractivity contribution in [2.45, 2.75) is 57.1 Å². The summed E-state index contributed by atoms with van der Waals surface area (Å²) in [5, 5.41) is 9.80. The lowest BCUT2D eigenvalue weighted by molar-refractivity contribution is -0.163. The van der Waals surface area contributed by atoms with Crippen molar-refractivity contribution in [1.29, 1.82) is 0 Å². The second-order valence-corrected chi connectivity index (χ2v) is 5.07. The number of hydrogen-bond donors (Lipinski definition) is 1. The van der Waals surface area contributed by atoms with Crippen LogP contribution in [0.25, 0.3) is 0 Å². The van der Waals surface area contributed by atoms with E-state index >= 15 is 0 Å². The van der Waals surface area contributed by atoms with E-state index in [9.17, 15) is 14.7 Å². The molecule has 3 unspecified atom stereocenters. The molecule has 2 fully saturated rings. The largest absolute Gasteiger partial charge is 0.457 e. The maximum absolute atomic E-state index is 11.2. The highest BCUT2D eigenvalue weighted by atomic mass is 16.6. The molecule has 5 atom stereocenters. The van der Waals surface area contributed by atoms with Gasteiger partial charge in [0.25, 0.3) is 0 Å². The van der Waals surface area contributed by atoms with E-state index in [4.69, 9.17) is 9.47 Å². The van der Waals surface area contributed by atoms with Gasteiger partial charge in [0, 0.05) is 13.8 Å². The molecule has 0 aliphatic carbocycles. The first-order valence-corrected chi connectivity index (χ1v) is 6.14. The molecule has 2 bridgehead atoms. The number of nitrogens with zero attached hydrogens (tertiary/aromatic N) is 1. The number of fused-ring (bicyclic) bond motifs is 2. The Bertz CT molecular complexity index is 326. The van der Waals surface area contributed by atoms with E-state index in [0.29, 0.717) is 12.8 Å². The molecule has 0 amide bonds. The molecule has 0 saturated carbocycles. The Kier molecular flexibility index (Phi) is 3.59. The SMILES string of the molecule is CC(=O)OC1C(OC(C)=O)[C@@H]2CC(O)C[C@H]1N2C. The molecule has 6 heteroatoms. The highest BCUT2D eigenvalue weighted by Crippen LogP contribution is 2.38. The Morgan fingerprint density at radius 3 is 1.78 bits per heavy atom. The van der Waals surface area contributed by atoms with Gasteiger partial charge >= 0.3 is 11.9 Å². The summed E-state index contributed by atoms with van der Waals surface area (Å²) in [6.45, 7) is 2.67. The van der Waals surface area contributed by atoms with Gasteiger partial charge in [-0.05, 0) is 19.9 Å². The van der Waals surface area contributed by atoms with Gasteiger partial charge in [-0.15, -0.1) is 0 Å². The summed E-state index contributed by atoms with van der Waals surface area (Å²) in [6, 6.07) is -0.181. The van der Waals surface area contributed by atoms with Crippen LogP contribution < -0.4 is 0 Å². The van der Waals surface area contributed by atoms with Gasteiger partial charge in [0.2, 0.25) is 0 Å². The van der Waals surface area contributed by atoms with Gasteiger partial charge in [-0.25, -0.2) is 0 Å². The Hall–Kier alpha value is -1.14. The summed E-state index contributed by atoms with van der Waals surface area (Å²) in [4.78, 5) is 24.4. The standard InChI is InChI=1S/C12H19NO5/c1-6(14)17-11-9-4-8(16)5-10(13(9)3)12(11)18-7(2)15/h8-12,16H,4-5H2,1-3H3/t8?,9-,10+,11?,12?. The van der Waals surface area contributed by atoms with Gasteiger partial charge in [-0.2, -0.15) is 0 Å². The minimum absolute atomic E-state index is 0.0907. The fourth-order valence-electron chi connectivity index (χ4n) is 3.08. The predicted octanol–water partition coefficient (Wildman–Crippen LogP) is -0.313. The van der Waals surface area contributed by atoms with Crippen molar-refractivity contribution >= 4 is 11.9 Å². The molecule has 6 nitrogen and oxygen atoms in total.